The summed E-state index contributed by atoms with van der Waals surface area (Å²) < 4.78 is 26.1. The van der Waals surface area contributed by atoms with Crippen LogP contribution in [-0.2, 0) is 28.5 Å². The number of hydrogen-bond donors (Lipinski definition) is 1. The zero-order chi connectivity index (χ0) is 23.0. The zero-order valence-corrected chi connectivity index (χ0v) is 20.9. The number of esters is 1. The Labute approximate surface area is 190 Å². The summed E-state index contributed by atoms with van der Waals surface area (Å²) in [6, 6.07) is 0. The molecule has 186 valence electrons. The standard InChI is InChI=1S/C23H47O7P/c1-4-30-23(24)13-11-9-7-5-6-8-10-12-21-31(3,25)22-20-29-19-18-28-17-16-27-15-14-26-2/h25H,3-22H2,1-2H3. The molecule has 8 heteroatoms. The Bertz CT molecular complexity index is 446. The highest BCUT2D eigenvalue weighted by atomic mass is 31.2. The second kappa shape index (κ2) is 22.8. The molecule has 0 aromatic rings. The lowest BCUT2D eigenvalue weighted by Crippen LogP contribution is -2.12. The number of carbonyl (C=O) groups excluding carboxylic acids is 1. The van der Waals surface area contributed by atoms with Gasteiger partial charge >= 0.3 is 5.97 Å². The van der Waals surface area contributed by atoms with Gasteiger partial charge in [0.1, 0.15) is 0 Å². The van der Waals surface area contributed by atoms with Crippen molar-refractivity contribution in [3.05, 3.63) is 0 Å². The first kappa shape index (κ1) is 30.6. The molecule has 0 amide bonds. The third-order valence-corrected chi connectivity index (χ3v) is 7.00. The Balaban J connectivity index is 3.36. The highest BCUT2D eigenvalue weighted by Crippen LogP contribution is 2.40. The van der Waals surface area contributed by atoms with Crippen molar-refractivity contribution in [3.63, 3.8) is 0 Å². The number of unbranched alkanes of at least 4 members (excludes halogenated alkanes) is 7. The fourth-order valence-corrected chi connectivity index (χ4v) is 4.50. The molecule has 0 bridgehead atoms. The van der Waals surface area contributed by atoms with Crippen LogP contribution < -0.4 is 0 Å². The lowest BCUT2D eigenvalue weighted by molar-refractivity contribution is -0.143. The van der Waals surface area contributed by atoms with Crippen LogP contribution in [0.2, 0.25) is 0 Å². The van der Waals surface area contributed by atoms with Crippen molar-refractivity contribution in [3.8, 4) is 0 Å². The van der Waals surface area contributed by atoms with Crippen LogP contribution >= 0.6 is 7.11 Å². The van der Waals surface area contributed by atoms with Gasteiger partial charge in [0.2, 0.25) is 0 Å². The first-order valence-corrected chi connectivity index (χ1v) is 14.1. The largest absolute Gasteiger partial charge is 0.466 e. The normalized spacial score (nSPS) is 13.3. The minimum absolute atomic E-state index is 0.0789. The number of methoxy groups -OCH3 is 1. The first-order valence-electron chi connectivity index (χ1n) is 11.8. The lowest BCUT2D eigenvalue weighted by Gasteiger charge is -2.17. The van der Waals surface area contributed by atoms with E-state index < -0.39 is 7.11 Å². The average Bonchev–Trinajstić information content (AvgIpc) is 2.73. The minimum Gasteiger partial charge on any atom is -0.466 e. The molecule has 0 fully saturated rings. The van der Waals surface area contributed by atoms with E-state index in [1.165, 1.54) is 25.7 Å². The van der Waals surface area contributed by atoms with Gasteiger partial charge < -0.3 is 28.6 Å². The van der Waals surface area contributed by atoms with Crippen molar-refractivity contribution < 1.29 is 33.4 Å². The van der Waals surface area contributed by atoms with Gasteiger partial charge in [0.15, 0.2) is 0 Å². The van der Waals surface area contributed by atoms with Crippen LogP contribution in [0.15, 0.2) is 0 Å². The summed E-state index contributed by atoms with van der Waals surface area (Å²) in [5.41, 5.74) is 0. The van der Waals surface area contributed by atoms with Crippen LogP contribution in [0, 0.1) is 0 Å². The van der Waals surface area contributed by atoms with Crippen LogP contribution in [0.1, 0.15) is 64.7 Å². The molecule has 0 radical (unpaired) electrons. The molecule has 0 rings (SSSR count). The highest BCUT2D eigenvalue weighted by Gasteiger charge is 2.09. The van der Waals surface area contributed by atoms with Crippen LogP contribution in [0.5, 0.6) is 0 Å². The molecule has 0 aromatic carbocycles. The number of hydrogen-bond acceptors (Lipinski definition) is 7. The fraction of sp³-hybridized carbons (Fsp3) is 0.913. The molecule has 1 atom stereocenters. The van der Waals surface area contributed by atoms with Crippen molar-refractivity contribution in [1.29, 1.82) is 0 Å². The average molecular weight is 467 g/mol. The molecule has 31 heavy (non-hydrogen) atoms. The Hall–Kier alpha value is -0.430. The van der Waals surface area contributed by atoms with E-state index in [4.69, 9.17) is 23.7 Å². The Morgan fingerprint density at radius 3 is 1.77 bits per heavy atom. The molecule has 0 saturated heterocycles. The maximum atomic E-state index is 11.2. The fourth-order valence-electron chi connectivity index (χ4n) is 3.00. The quantitative estimate of drug-likeness (QED) is 0.130. The molecule has 0 aliphatic heterocycles. The molecular weight excluding hydrogens is 419 g/mol. The summed E-state index contributed by atoms with van der Waals surface area (Å²) in [5.74, 6) is -0.0789. The van der Waals surface area contributed by atoms with E-state index in [-0.39, 0.29) is 5.97 Å². The summed E-state index contributed by atoms with van der Waals surface area (Å²) in [6.07, 6.45) is 15.0. The summed E-state index contributed by atoms with van der Waals surface area (Å²) in [7, 11) is -0.450. The van der Waals surface area contributed by atoms with Gasteiger partial charge in [-0.25, -0.2) is 0 Å². The Morgan fingerprint density at radius 2 is 1.23 bits per heavy atom. The van der Waals surface area contributed by atoms with Crippen LogP contribution in [0.3, 0.4) is 0 Å². The van der Waals surface area contributed by atoms with E-state index in [1.54, 1.807) is 7.11 Å². The SMILES string of the molecule is C=P(O)(CCCCCCCCCCC(=O)OCC)CCOCCOCCOCCOC. The highest BCUT2D eigenvalue weighted by molar-refractivity contribution is 7.68. The summed E-state index contributed by atoms with van der Waals surface area (Å²) >= 11 is 0. The lowest BCUT2D eigenvalue weighted by atomic mass is 10.1. The van der Waals surface area contributed by atoms with Crippen molar-refractivity contribution in [2.45, 2.75) is 64.7 Å². The third-order valence-electron chi connectivity index (χ3n) is 4.84. The Kier molecular flexibility index (Phi) is 22.4. The van der Waals surface area contributed by atoms with Crippen LogP contribution in [0.25, 0.3) is 0 Å². The predicted molar refractivity (Wildman–Crippen MR) is 129 cm³/mol. The van der Waals surface area contributed by atoms with Gasteiger partial charge in [-0.1, -0.05) is 44.8 Å². The molecule has 0 aromatic heterocycles. The summed E-state index contributed by atoms with van der Waals surface area (Å²) in [6.45, 7) is 6.19. The molecular formula is C23H47O7P. The van der Waals surface area contributed by atoms with Crippen molar-refractivity contribution in [2.75, 3.05) is 72.3 Å². The van der Waals surface area contributed by atoms with Crippen molar-refractivity contribution >= 4 is 19.4 Å². The summed E-state index contributed by atoms with van der Waals surface area (Å²) in [5, 5.41) is 0. The van der Waals surface area contributed by atoms with Crippen molar-refractivity contribution in [1.82, 2.24) is 0 Å². The molecule has 7 nitrogen and oxygen atoms in total. The predicted octanol–water partition coefficient (Wildman–Crippen LogP) is 4.11. The van der Waals surface area contributed by atoms with E-state index in [9.17, 15) is 9.69 Å². The second-order valence-corrected chi connectivity index (χ2v) is 10.8. The second-order valence-electron chi connectivity index (χ2n) is 7.76. The molecule has 0 heterocycles. The summed E-state index contributed by atoms with van der Waals surface area (Å²) in [4.78, 5) is 21.7. The van der Waals surface area contributed by atoms with Crippen LogP contribution in [0.4, 0.5) is 0 Å². The van der Waals surface area contributed by atoms with Gasteiger partial charge in [0, 0.05) is 26.8 Å². The number of carbonyl (C=O) groups is 1. The number of ether oxygens (including phenoxy) is 5. The Morgan fingerprint density at radius 1 is 0.742 bits per heavy atom. The number of rotatable bonds is 24. The van der Waals surface area contributed by atoms with E-state index >= 15 is 0 Å². The van der Waals surface area contributed by atoms with Gasteiger partial charge in [-0.15, -0.1) is 0 Å². The van der Waals surface area contributed by atoms with E-state index in [2.05, 4.69) is 6.30 Å². The van der Waals surface area contributed by atoms with Gasteiger partial charge in [-0.05, 0) is 25.9 Å². The van der Waals surface area contributed by atoms with Gasteiger partial charge in [0.05, 0.1) is 52.9 Å². The first-order chi connectivity index (χ1) is 15.0. The van der Waals surface area contributed by atoms with E-state index in [0.717, 1.165) is 31.8 Å². The van der Waals surface area contributed by atoms with Gasteiger partial charge in [-0.3, -0.25) is 4.79 Å². The van der Waals surface area contributed by atoms with Gasteiger partial charge in [0.25, 0.3) is 0 Å². The molecule has 0 aliphatic rings. The van der Waals surface area contributed by atoms with E-state index in [0.29, 0.717) is 65.4 Å². The molecule has 1 N–H and O–H groups in total. The maximum absolute atomic E-state index is 11.2. The monoisotopic (exact) mass is 466 g/mol. The third kappa shape index (κ3) is 24.1. The molecule has 0 spiro atoms. The maximum Gasteiger partial charge on any atom is 0.305 e. The van der Waals surface area contributed by atoms with Crippen molar-refractivity contribution in [2.24, 2.45) is 0 Å². The molecule has 0 aliphatic carbocycles. The van der Waals surface area contributed by atoms with E-state index in [1.807, 2.05) is 6.92 Å². The topological polar surface area (TPSA) is 83.5 Å². The zero-order valence-electron chi connectivity index (χ0n) is 20.0. The van der Waals surface area contributed by atoms with Crippen LogP contribution in [-0.4, -0.2) is 89.5 Å². The van der Waals surface area contributed by atoms with Gasteiger partial charge in [-0.2, -0.15) is 0 Å². The molecule has 1 unspecified atom stereocenters. The molecule has 0 saturated carbocycles. The minimum atomic E-state index is -2.10. The smallest absolute Gasteiger partial charge is 0.305 e.